The lowest BCUT2D eigenvalue weighted by atomic mass is 9.96. The van der Waals surface area contributed by atoms with Crippen LogP contribution in [0.4, 0.5) is 10.5 Å². The third-order valence-electron chi connectivity index (χ3n) is 6.03. The number of amides is 2. The second-order valence-corrected chi connectivity index (χ2v) is 11.0. The number of carbonyl (C=O) groups is 2. The lowest BCUT2D eigenvalue weighted by molar-refractivity contribution is -0.261. The van der Waals surface area contributed by atoms with Gasteiger partial charge in [-0.3, -0.25) is 10.1 Å². The number of methoxy groups -OCH3 is 1. The highest BCUT2D eigenvalue weighted by Crippen LogP contribution is 2.38. The van der Waals surface area contributed by atoms with Gasteiger partial charge in [0.05, 0.1) is 16.7 Å². The van der Waals surface area contributed by atoms with E-state index in [-0.39, 0.29) is 28.0 Å². The quantitative estimate of drug-likeness (QED) is 0.306. The number of hydrogen-bond donors (Lipinski definition) is 5. The van der Waals surface area contributed by atoms with Crippen LogP contribution >= 0.6 is 23.2 Å². The van der Waals surface area contributed by atoms with Crippen LogP contribution in [-0.4, -0.2) is 77.3 Å². The smallest absolute Gasteiger partial charge is 0.412 e. The standard InChI is InChI=1S/C27H34Cl2N2O9/c1-13-16(24(35)31-20-22(34)21(33)18(11-32)39-25(20)37-5)10-17(28)23(19(13)29)38-12-14-7-6-8-15(9-14)30-26(36)40-27(2,3)4/h6-10,18,20-22,25,32-34H,11-12H2,1-5H3,(H,30,36)(H,31,35)/t18-,20-,21-,22-,25+/m1/s1. The summed E-state index contributed by atoms with van der Waals surface area (Å²) in [6, 6.07) is 7.17. The second-order valence-electron chi connectivity index (χ2n) is 10.2. The molecule has 13 heteroatoms. The molecule has 11 nitrogen and oxygen atoms in total. The summed E-state index contributed by atoms with van der Waals surface area (Å²) in [6.45, 7) is 6.41. The minimum absolute atomic E-state index is 0.0549. The van der Waals surface area contributed by atoms with Gasteiger partial charge in [-0.2, -0.15) is 0 Å². The number of halogens is 2. The van der Waals surface area contributed by atoms with Crippen LogP contribution in [0.25, 0.3) is 0 Å². The zero-order valence-electron chi connectivity index (χ0n) is 22.7. The topological polar surface area (TPSA) is 156 Å². The van der Waals surface area contributed by atoms with E-state index in [9.17, 15) is 24.9 Å². The first-order chi connectivity index (χ1) is 18.7. The van der Waals surface area contributed by atoms with E-state index in [4.69, 9.17) is 42.1 Å². The Balaban J connectivity index is 1.73. The number of nitrogens with one attached hydrogen (secondary N) is 2. The van der Waals surface area contributed by atoms with Gasteiger partial charge in [0.2, 0.25) is 0 Å². The molecule has 2 aromatic rings. The van der Waals surface area contributed by atoms with Crippen molar-refractivity contribution >= 4 is 40.9 Å². The van der Waals surface area contributed by atoms with Gasteiger partial charge < -0.3 is 39.6 Å². The van der Waals surface area contributed by atoms with E-state index in [1.54, 1.807) is 52.0 Å². The zero-order chi connectivity index (χ0) is 29.8. The van der Waals surface area contributed by atoms with Gasteiger partial charge in [0.15, 0.2) is 12.0 Å². The van der Waals surface area contributed by atoms with Crippen LogP contribution in [0.2, 0.25) is 10.0 Å². The molecule has 2 amide bonds. The third-order valence-corrected chi connectivity index (χ3v) is 6.77. The lowest BCUT2D eigenvalue weighted by Crippen LogP contribution is -2.64. The number of aliphatic hydroxyl groups is 3. The monoisotopic (exact) mass is 600 g/mol. The normalized spacial score (nSPS) is 22.9. The molecule has 1 fully saturated rings. The van der Waals surface area contributed by atoms with E-state index >= 15 is 0 Å². The molecule has 5 atom stereocenters. The highest BCUT2D eigenvalue weighted by Gasteiger charge is 2.45. The number of anilines is 1. The molecule has 1 aliphatic rings. The van der Waals surface area contributed by atoms with Crippen molar-refractivity contribution in [3.05, 3.63) is 57.1 Å². The number of carbonyl (C=O) groups excluding carboxylic acids is 2. The highest BCUT2D eigenvalue weighted by molar-refractivity contribution is 6.38. The fourth-order valence-electron chi connectivity index (χ4n) is 4.04. The van der Waals surface area contributed by atoms with Gasteiger partial charge in [0.1, 0.15) is 36.6 Å². The van der Waals surface area contributed by atoms with Crippen LogP contribution < -0.4 is 15.4 Å². The van der Waals surface area contributed by atoms with E-state index in [1.807, 2.05) is 0 Å². The van der Waals surface area contributed by atoms with Gasteiger partial charge in [-0.05, 0) is 57.0 Å². The number of rotatable bonds is 8. The maximum Gasteiger partial charge on any atom is 0.412 e. The number of benzene rings is 2. The Hall–Kier alpha value is -2.64. The van der Waals surface area contributed by atoms with Crippen molar-refractivity contribution in [1.29, 1.82) is 0 Å². The average Bonchev–Trinajstić information content (AvgIpc) is 2.88. The Morgan fingerprint density at radius 3 is 2.45 bits per heavy atom. The molecule has 220 valence electrons. The summed E-state index contributed by atoms with van der Waals surface area (Å²) in [7, 11) is 1.30. The van der Waals surface area contributed by atoms with Crippen LogP contribution in [0.5, 0.6) is 5.75 Å². The van der Waals surface area contributed by atoms with Crippen LogP contribution in [-0.2, 0) is 20.8 Å². The Morgan fingerprint density at radius 1 is 1.12 bits per heavy atom. The van der Waals surface area contributed by atoms with Crippen LogP contribution in [0, 0.1) is 6.92 Å². The predicted octanol–water partition coefficient (Wildman–Crippen LogP) is 3.41. The molecule has 40 heavy (non-hydrogen) atoms. The molecule has 5 N–H and O–H groups in total. The molecular weight excluding hydrogens is 567 g/mol. The van der Waals surface area contributed by atoms with Crippen LogP contribution in [0.3, 0.4) is 0 Å². The molecule has 0 aromatic heterocycles. The molecule has 0 radical (unpaired) electrons. The van der Waals surface area contributed by atoms with Crippen LogP contribution in [0.15, 0.2) is 30.3 Å². The number of ether oxygens (including phenoxy) is 4. The van der Waals surface area contributed by atoms with E-state index < -0.39 is 54.9 Å². The van der Waals surface area contributed by atoms with E-state index in [0.717, 1.165) is 0 Å². The maximum atomic E-state index is 13.1. The molecule has 0 unspecified atom stereocenters. The van der Waals surface area contributed by atoms with Crippen molar-refractivity contribution in [2.45, 2.75) is 70.5 Å². The number of hydrogen-bond acceptors (Lipinski definition) is 9. The van der Waals surface area contributed by atoms with Gasteiger partial charge in [-0.15, -0.1) is 0 Å². The van der Waals surface area contributed by atoms with Crippen molar-refractivity contribution in [3.63, 3.8) is 0 Å². The Kier molecular flexibility index (Phi) is 10.6. The Morgan fingerprint density at radius 2 is 1.82 bits per heavy atom. The largest absolute Gasteiger partial charge is 0.486 e. The van der Waals surface area contributed by atoms with Gasteiger partial charge >= 0.3 is 6.09 Å². The van der Waals surface area contributed by atoms with Crippen molar-refractivity contribution in [2.24, 2.45) is 0 Å². The molecule has 0 bridgehead atoms. The van der Waals surface area contributed by atoms with E-state index in [0.29, 0.717) is 16.8 Å². The summed E-state index contributed by atoms with van der Waals surface area (Å²) in [4.78, 5) is 25.2. The van der Waals surface area contributed by atoms with Gasteiger partial charge in [-0.25, -0.2) is 4.79 Å². The average molecular weight is 601 g/mol. The molecule has 2 aromatic carbocycles. The molecule has 0 aliphatic carbocycles. The summed E-state index contributed by atoms with van der Waals surface area (Å²) >= 11 is 13.0. The zero-order valence-corrected chi connectivity index (χ0v) is 24.2. The minimum Gasteiger partial charge on any atom is -0.486 e. The minimum atomic E-state index is -1.48. The first kappa shape index (κ1) is 31.9. The van der Waals surface area contributed by atoms with Crippen molar-refractivity contribution in [2.75, 3.05) is 19.0 Å². The molecule has 0 spiro atoms. The molecule has 1 heterocycles. The molecule has 1 saturated heterocycles. The fraction of sp³-hybridized carbons (Fsp3) is 0.481. The van der Waals surface area contributed by atoms with E-state index in [2.05, 4.69) is 10.6 Å². The van der Waals surface area contributed by atoms with Crippen LogP contribution in [0.1, 0.15) is 42.3 Å². The summed E-state index contributed by atoms with van der Waals surface area (Å²) in [5, 5.41) is 35.5. The van der Waals surface area contributed by atoms with Gasteiger partial charge in [-0.1, -0.05) is 35.3 Å². The highest BCUT2D eigenvalue weighted by atomic mass is 35.5. The SMILES string of the molecule is CO[C@H]1O[C@H](CO)[C@@H](O)[C@H](O)[C@H]1NC(=O)c1cc(Cl)c(OCc2cccc(NC(=O)OC(C)(C)C)c2)c(Cl)c1C. The predicted molar refractivity (Wildman–Crippen MR) is 148 cm³/mol. The molecular formula is C27H34Cl2N2O9. The molecule has 0 saturated carbocycles. The lowest BCUT2D eigenvalue weighted by Gasteiger charge is -2.41. The van der Waals surface area contributed by atoms with Crippen molar-refractivity contribution in [3.8, 4) is 5.75 Å². The summed E-state index contributed by atoms with van der Waals surface area (Å²) in [5.41, 5.74) is 1.03. The Bertz CT molecular complexity index is 1220. The third kappa shape index (κ3) is 7.76. The summed E-state index contributed by atoms with van der Waals surface area (Å²) < 4.78 is 21.8. The van der Waals surface area contributed by atoms with Crippen molar-refractivity contribution in [1.82, 2.24) is 5.32 Å². The summed E-state index contributed by atoms with van der Waals surface area (Å²) in [6.07, 6.45) is -5.73. The fourth-order valence-corrected chi connectivity index (χ4v) is 4.61. The molecule has 1 aliphatic heterocycles. The van der Waals surface area contributed by atoms with Crippen molar-refractivity contribution < 1.29 is 43.9 Å². The number of aliphatic hydroxyl groups excluding tert-OH is 3. The first-order valence-electron chi connectivity index (χ1n) is 12.4. The van der Waals surface area contributed by atoms with Gasteiger partial charge in [0.25, 0.3) is 5.91 Å². The van der Waals surface area contributed by atoms with Gasteiger partial charge in [0, 0.05) is 18.4 Å². The molecule has 3 rings (SSSR count). The van der Waals surface area contributed by atoms with E-state index in [1.165, 1.54) is 13.2 Å². The second kappa shape index (κ2) is 13.3. The Labute approximate surface area is 242 Å². The summed E-state index contributed by atoms with van der Waals surface area (Å²) in [5.74, 6) is -0.502. The first-order valence-corrected chi connectivity index (χ1v) is 13.2. The maximum absolute atomic E-state index is 13.1.